The van der Waals surface area contributed by atoms with Gasteiger partial charge in [-0.25, -0.2) is 9.78 Å². The van der Waals surface area contributed by atoms with E-state index in [1.54, 1.807) is 42.5 Å². The molecule has 6 heteroatoms. The first-order valence-corrected chi connectivity index (χ1v) is 9.21. The van der Waals surface area contributed by atoms with Crippen molar-refractivity contribution in [3.05, 3.63) is 46.1 Å². The van der Waals surface area contributed by atoms with Gasteiger partial charge in [0.25, 0.3) is 0 Å². The van der Waals surface area contributed by atoms with Crippen molar-refractivity contribution in [3.8, 4) is 11.6 Å². The number of benzene rings is 1. The Hall–Kier alpha value is -2.47. The molecule has 0 fully saturated rings. The van der Waals surface area contributed by atoms with Crippen LogP contribution in [0.5, 0.6) is 11.6 Å². The number of aromatic nitrogens is 2. The van der Waals surface area contributed by atoms with Crippen LogP contribution in [0.25, 0.3) is 10.2 Å². The summed E-state index contributed by atoms with van der Waals surface area (Å²) in [6, 6.07) is 6.94. The molecular weight excluding hydrogens is 336 g/mol. The van der Waals surface area contributed by atoms with Gasteiger partial charge >= 0.3 is 5.97 Å². The van der Waals surface area contributed by atoms with E-state index in [0.29, 0.717) is 29.6 Å². The Morgan fingerprint density at radius 1 is 1.20 bits per heavy atom. The average molecular weight is 354 g/mol. The van der Waals surface area contributed by atoms with Crippen molar-refractivity contribution < 1.29 is 14.3 Å². The van der Waals surface area contributed by atoms with Crippen molar-refractivity contribution in [2.45, 2.75) is 33.1 Å². The molecule has 2 aromatic heterocycles. The number of ether oxygens (including phenoxy) is 2. The monoisotopic (exact) mass is 354 g/mol. The smallest absolute Gasteiger partial charge is 0.338 e. The summed E-state index contributed by atoms with van der Waals surface area (Å²) in [5.74, 6) is 1.62. The van der Waals surface area contributed by atoms with Crippen molar-refractivity contribution in [3.63, 3.8) is 0 Å². The molecule has 1 aliphatic rings. The fraction of sp³-hybridized carbons (Fsp3) is 0.316. The number of fused-ring (bicyclic) bond motifs is 3. The lowest BCUT2D eigenvalue weighted by Crippen LogP contribution is -2.04. The molecule has 3 aromatic rings. The van der Waals surface area contributed by atoms with Gasteiger partial charge in [0.05, 0.1) is 17.6 Å². The Balaban J connectivity index is 1.68. The van der Waals surface area contributed by atoms with Gasteiger partial charge in [-0.1, -0.05) is 0 Å². The highest BCUT2D eigenvalue weighted by molar-refractivity contribution is 7.19. The Kier molecular flexibility index (Phi) is 4.13. The minimum Gasteiger partial charge on any atom is -0.462 e. The first kappa shape index (κ1) is 16.0. The van der Waals surface area contributed by atoms with E-state index in [1.165, 1.54) is 16.9 Å². The fourth-order valence-electron chi connectivity index (χ4n) is 3.12. The summed E-state index contributed by atoms with van der Waals surface area (Å²) in [7, 11) is 0. The first-order valence-electron chi connectivity index (χ1n) is 8.39. The molecule has 0 bridgehead atoms. The Morgan fingerprint density at radius 2 is 2.00 bits per heavy atom. The van der Waals surface area contributed by atoms with Crippen LogP contribution in [-0.2, 0) is 17.6 Å². The second-order valence-corrected chi connectivity index (χ2v) is 7.04. The lowest BCUT2D eigenvalue weighted by Gasteiger charge is -2.08. The molecule has 128 valence electrons. The number of hydrogen-bond donors (Lipinski definition) is 0. The standard InChI is InChI=1S/C19H18N2O3S/c1-3-23-19(22)12-7-9-13(10-8-12)24-17-16-14-5-4-6-15(14)25-18(16)21-11(2)20-17/h7-10H,3-6H2,1-2H3. The summed E-state index contributed by atoms with van der Waals surface area (Å²) in [5, 5.41) is 1.04. The second-order valence-electron chi connectivity index (χ2n) is 5.96. The molecule has 2 heterocycles. The zero-order chi connectivity index (χ0) is 17.4. The summed E-state index contributed by atoms with van der Waals surface area (Å²) >= 11 is 1.74. The number of thiophene rings is 1. The van der Waals surface area contributed by atoms with E-state index in [1.807, 2.05) is 6.92 Å². The van der Waals surface area contributed by atoms with Crippen LogP contribution in [0.1, 0.15) is 40.0 Å². The number of rotatable bonds is 4. The molecular formula is C19H18N2O3S. The van der Waals surface area contributed by atoms with Gasteiger partial charge in [-0.2, -0.15) is 4.98 Å². The lowest BCUT2D eigenvalue weighted by atomic mass is 10.2. The van der Waals surface area contributed by atoms with Crippen molar-refractivity contribution in [2.75, 3.05) is 6.61 Å². The highest BCUT2D eigenvalue weighted by Crippen LogP contribution is 2.41. The zero-order valence-electron chi connectivity index (χ0n) is 14.2. The molecule has 1 aliphatic carbocycles. The molecule has 0 saturated heterocycles. The Labute approximate surface area is 149 Å². The van der Waals surface area contributed by atoms with Crippen LogP contribution in [-0.4, -0.2) is 22.5 Å². The summed E-state index contributed by atoms with van der Waals surface area (Å²) in [6.45, 7) is 4.02. The van der Waals surface area contributed by atoms with Crippen molar-refractivity contribution in [1.29, 1.82) is 0 Å². The van der Waals surface area contributed by atoms with Crippen LogP contribution < -0.4 is 4.74 Å². The van der Waals surface area contributed by atoms with Crippen molar-refractivity contribution in [2.24, 2.45) is 0 Å². The largest absolute Gasteiger partial charge is 0.462 e. The maximum atomic E-state index is 11.7. The molecule has 0 atom stereocenters. The maximum Gasteiger partial charge on any atom is 0.338 e. The van der Waals surface area contributed by atoms with E-state index >= 15 is 0 Å². The van der Waals surface area contributed by atoms with Crippen LogP contribution in [0.15, 0.2) is 24.3 Å². The minimum absolute atomic E-state index is 0.329. The van der Waals surface area contributed by atoms with E-state index in [9.17, 15) is 4.79 Å². The average Bonchev–Trinajstić information content (AvgIpc) is 3.16. The molecule has 0 amide bonds. The first-order chi connectivity index (χ1) is 12.2. The SMILES string of the molecule is CCOC(=O)c1ccc(Oc2nc(C)nc3sc4c(c23)CCC4)cc1. The van der Waals surface area contributed by atoms with E-state index in [0.717, 1.165) is 23.1 Å². The Bertz CT molecular complexity index is 947. The molecule has 0 aliphatic heterocycles. The van der Waals surface area contributed by atoms with Gasteiger partial charge in [0.15, 0.2) is 0 Å². The molecule has 1 aromatic carbocycles. The van der Waals surface area contributed by atoms with Gasteiger partial charge in [-0.15, -0.1) is 11.3 Å². The summed E-state index contributed by atoms with van der Waals surface area (Å²) < 4.78 is 11.1. The molecule has 0 N–H and O–H groups in total. The summed E-state index contributed by atoms with van der Waals surface area (Å²) in [6.07, 6.45) is 3.35. The Morgan fingerprint density at radius 3 is 2.76 bits per heavy atom. The minimum atomic E-state index is -0.329. The van der Waals surface area contributed by atoms with E-state index in [-0.39, 0.29) is 5.97 Å². The second kappa shape index (κ2) is 6.44. The predicted molar refractivity (Wildman–Crippen MR) is 96.6 cm³/mol. The number of hydrogen-bond acceptors (Lipinski definition) is 6. The number of nitrogens with zero attached hydrogens (tertiary/aromatic N) is 2. The van der Waals surface area contributed by atoms with Gasteiger partial charge in [0.2, 0.25) is 5.88 Å². The third-order valence-electron chi connectivity index (χ3n) is 4.22. The topological polar surface area (TPSA) is 61.3 Å². The molecule has 4 rings (SSSR count). The van der Waals surface area contributed by atoms with Crippen molar-refractivity contribution >= 4 is 27.5 Å². The lowest BCUT2D eigenvalue weighted by molar-refractivity contribution is 0.0526. The molecule has 0 radical (unpaired) electrons. The molecule has 5 nitrogen and oxygen atoms in total. The maximum absolute atomic E-state index is 11.7. The van der Waals surface area contributed by atoms with Gasteiger partial charge in [-0.05, 0) is 62.9 Å². The van der Waals surface area contributed by atoms with Gasteiger partial charge in [0.1, 0.15) is 16.4 Å². The van der Waals surface area contributed by atoms with Gasteiger partial charge in [-0.3, -0.25) is 0 Å². The number of esters is 1. The molecule has 0 saturated carbocycles. The van der Waals surface area contributed by atoms with Crippen LogP contribution >= 0.6 is 11.3 Å². The highest BCUT2D eigenvalue weighted by atomic mass is 32.1. The number of aryl methyl sites for hydroxylation is 3. The van der Waals surface area contributed by atoms with Crippen LogP contribution in [0.4, 0.5) is 0 Å². The summed E-state index contributed by atoms with van der Waals surface area (Å²) in [5.41, 5.74) is 1.84. The van der Waals surface area contributed by atoms with Crippen LogP contribution in [0.2, 0.25) is 0 Å². The number of carbonyl (C=O) groups excluding carboxylic acids is 1. The molecule has 0 spiro atoms. The van der Waals surface area contributed by atoms with Crippen LogP contribution in [0, 0.1) is 6.92 Å². The fourth-order valence-corrected chi connectivity index (χ4v) is 4.42. The van der Waals surface area contributed by atoms with Crippen LogP contribution in [0.3, 0.4) is 0 Å². The normalized spacial score (nSPS) is 13.0. The zero-order valence-corrected chi connectivity index (χ0v) is 15.0. The van der Waals surface area contributed by atoms with E-state index in [4.69, 9.17) is 9.47 Å². The molecule has 0 unspecified atom stereocenters. The third kappa shape index (κ3) is 2.98. The molecule has 25 heavy (non-hydrogen) atoms. The van der Waals surface area contributed by atoms with Gasteiger partial charge < -0.3 is 9.47 Å². The number of carbonyl (C=O) groups is 1. The predicted octanol–water partition coefficient (Wildman–Crippen LogP) is 4.46. The van der Waals surface area contributed by atoms with Crippen molar-refractivity contribution in [1.82, 2.24) is 9.97 Å². The van der Waals surface area contributed by atoms with E-state index in [2.05, 4.69) is 9.97 Å². The van der Waals surface area contributed by atoms with Gasteiger partial charge in [0, 0.05) is 4.88 Å². The third-order valence-corrected chi connectivity index (χ3v) is 5.41. The van der Waals surface area contributed by atoms with E-state index < -0.39 is 0 Å². The highest BCUT2D eigenvalue weighted by Gasteiger charge is 2.23. The quantitative estimate of drug-likeness (QED) is 0.648. The summed E-state index contributed by atoms with van der Waals surface area (Å²) in [4.78, 5) is 23.2.